The Bertz CT molecular complexity index is 681. The number of rotatable bonds is 4. The number of aromatic nitrogens is 2. The van der Waals surface area contributed by atoms with E-state index in [9.17, 15) is 24.5 Å². The van der Waals surface area contributed by atoms with Gasteiger partial charge in [0.05, 0.1) is 11.1 Å². The minimum Gasteiger partial charge on any atom is -0.478 e. The largest absolute Gasteiger partial charge is 0.478 e. The van der Waals surface area contributed by atoms with E-state index >= 15 is 0 Å². The van der Waals surface area contributed by atoms with E-state index in [1.165, 1.54) is 14.0 Å². The summed E-state index contributed by atoms with van der Waals surface area (Å²) in [6.07, 6.45) is 1.96. The number of hydrogen-bond acceptors (Lipinski definition) is 5. The van der Waals surface area contributed by atoms with Gasteiger partial charge in [0.2, 0.25) is 0 Å². The van der Waals surface area contributed by atoms with Crippen LogP contribution in [0.4, 0.5) is 5.69 Å². The third kappa shape index (κ3) is 2.94. The van der Waals surface area contributed by atoms with Gasteiger partial charge in [0, 0.05) is 19.2 Å². The predicted octanol–water partition coefficient (Wildman–Crippen LogP) is -0.514. The van der Waals surface area contributed by atoms with E-state index in [2.05, 4.69) is 0 Å². The molecule has 1 aromatic rings. The Labute approximate surface area is 106 Å². The van der Waals surface area contributed by atoms with Crippen LogP contribution < -0.4 is 11.2 Å². The molecular weight excluding hydrogens is 258 g/mol. The lowest BCUT2D eigenvalue weighted by atomic mass is 10.3. The fourth-order valence-corrected chi connectivity index (χ4v) is 1.31. The van der Waals surface area contributed by atoms with E-state index in [1.807, 2.05) is 0 Å². The summed E-state index contributed by atoms with van der Waals surface area (Å²) in [5.74, 6) is -1.20. The van der Waals surface area contributed by atoms with E-state index in [-0.39, 0.29) is 12.1 Å². The molecule has 1 heterocycles. The van der Waals surface area contributed by atoms with Crippen LogP contribution in [0.5, 0.6) is 0 Å². The predicted molar refractivity (Wildman–Crippen MR) is 64.0 cm³/mol. The zero-order valence-corrected chi connectivity index (χ0v) is 10.2. The van der Waals surface area contributed by atoms with Crippen LogP contribution in [0.1, 0.15) is 6.92 Å². The third-order valence-corrected chi connectivity index (χ3v) is 2.43. The molecule has 0 saturated carbocycles. The van der Waals surface area contributed by atoms with E-state index in [0.29, 0.717) is 4.57 Å². The van der Waals surface area contributed by atoms with E-state index in [4.69, 9.17) is 5.11 Å². The van der Waals surface area contributed by atoms with Crippen LogP contribution in [0.25, 0.3) is 0 Å². The molecule has 0 radical (unpaired) electrons. The summed E-state index contributed by atoms with van der Waals surface area (Å²) < 4.78 is 1.49. The third-order valence-electron chi connectivity index (χ3n) is 2.43. The Morgan fingerprint density at radius 1 is 1.53 bits per heavy atom. The lowest BCUT2D eigenvalue weighted by Crippen LogP contribution is -2.39. The standard InChI is InChI=1S/C10H11N3O6/c1-6(9(15)16)3-4-12-8(14)7(13(18)19)5-11(2)10(12)17/h3,5H,4H2,1-2H3,(H,15,16). The molecule has 0 aliphatic rings. The number of allylic oxidation sites excluding steroid dienone is 1. The normalized spacial score (nSPS) is 11.4. The molecule has 0 bridgehead atoms. The first kappa shape index (κ1) is 14.4. The first-order chi connectivity index (χ1) is 8.75. The van der Waals surface area contributed by atoms with Gasteiger partial charge < -0.3 is 5.11 Å². The van der Waals surface area contributed by atoms with Crippen molar-refractivity contribution in [3.63, 3.8) is 0 Å². The van der Waals surface area contributed by atoms with Crippen molar-refractivity contribution < 1.29 is 14.8 Å². The highest BCUT2D eigenvalue weighted by Gasteiger charge is 2.18. The van der Waals surface area contributed by atoms with Crippen molar-refractivity contribution in [1.29, 1.82) is 0 Å². The van der Waals surface area contributed by atoms with E-state index < -0.39 is 27.8 Å². The number of hydrogen-bond donors (Lipinski definition) is 1. The van der Waals surface area contributed by atoms with Gasteiger partial charge in [0.1, 0.15) is 0 Å². The molecule has 0 aliphatic carbocycles. The second-order valence-corrected chi connectivity index (χ2v) is 3.77. The van der Waals surface area contributed by atoms with Gasteiger partial charge in [-0.05, 0) is 6.92 Å². The topological polar surface area (TPSA) is 124 Å². The van der Waals surface area contributed by atoms with Crippen molar-refractivity contribution in [1.82, 2.24) is 9.13 Å². The van der Waals surface area contributed by atoms with Gasteiger partial charge in [-0.25, -0.2) is 9.59 Å². The molecule has 0 saturated heterocycles. The Morgan fingerprint density at radius 2 is 2.11 bits per heavy atom. The fraction of sp³-hybridized carbons (Fsp3) is 0.300. The Balaban J connectivity index is 3.40. The van der Waals surface area contributed by atoms with Gasteiger partial charge in [0.15, 0.2) is 0 Å². The average molecular weight is 269 g/mol. The van der Waals surface area contributed by atoms with Crippen LogP contribution in [0, 0.1) is 10.1 Å². The molecule has 0 atom stereocenters. The van der Waals surface area contributed by atoms with Crippen molar-refractivity contribution in [3.05, 3.63) is 48.8 Å². The number of carboxylic acids is 1. The van der Waals surface area contributed by atoms with Crippen LogP contribution in [-0.4, -0.2) is 25.1 Å². The molecular formula is C10H11N3O6. The zero-order valence-electron chi connectivity index (χ0n) is 10.2. The summed E-state index contributed by atoms with van der Waals surface area (Å²) >= 11 is 0. The number of carboxylic acid groups (broad SMARTS) is 1. The zero-order chi connectivity index (χ0) is 14.7. The van der Waals surface area contributed by atoms with Gasteiger partial charge in [-0.1, -0.05) is 6.08 Å². The maximum atomic E-state index is 11.7. The van der Waals surface area contributed by atoms with Crippen LogP contribution in [0.2, 0.25) is 0 Å². The van der Waals surface area contributed by atoms with Crippen molar-refractivity contribution >= 4 is 11.7 Å². The summed E-state index contributed by atoms with van der Waals surface area (Å²) in [4.78, 5) is 43.7. The van der Waals surface area contributed by atoms with Gasteiger partial charge in [-0.3, -0.25) is 24.0 Å². The molecule has 1 rings (SSSR count). The Morgan fingerprint density at radius 3 is 2.58 bits per heavy atom. The lowest BCUT2D eigenvalue weighted by molar-refractivity contribution is -0.387. The first-order valence-electron chi connectivity index (χ1n) is 5.10. The van der Waals surface area contributed by atoms with E-state index in [1.54, 1.807) is 0 Å². The van der Waals surface area contributed by atoms with Crippen molar-refractivity contribution in [2.45, 2.75) is 13.5 Å². The average Bonchev–Trinajstić information content (AvgIpc) is 2.32. The molecule has 0 amide bonds. The number of aryl methyl sites for hydroxylation is 1. The minimum absolute atomic E-state index is 0.0690. The number of nitro groups is 1. The first-order valence-corrected chi connectivity index (χ1v) is 5.10. The van der Waals surface area contributed by atoms with Gasteiger partial charge in [0.25, 0.3) is 0 Å². The Kier molecular flexibility index (Phi) is 4.00. The van der Waals surface area contributed by atoms with Crippen LogP contribution in [-0.2, 0) is 18.4 Å². The number of aliphatic carboxylic acids is 1. The van der Waals surface area contributed by atoms with Crippen LogP contribution in [0.3, 0.4) is 0 Å². The monoisotopic (exact) mass is 269 g/mol. The highest BCUT2D eigenvalue weighted by molar-refractivity contribution is 5.85. The molecule has 9 heteroatoms. The highest BCUT2D eigenvalue weighted by atomic mass is 16.6. The minimum atomic E-state index is -1.20. The van der Waals surface area contributed by atoms with Gasteiger partial charge in [-0.2, -0.15) is 0 Å². The second-order valence-electron chi connectivity index (χ2n) is 3.77. The van der Waals surface area contributed by atoms with Crippen molar-refractivity contribution in [2.24, 2.45) is 7.05 Å². The van der Waals surface area contributed by atoms with Gasteiger partial charge in [-0.15, -0.1) is 0 Å². The molecule has 0 fully saturated rings. The maximum absolute atomic E-state index is 11.7. The summed E-state index contributed by atoms with van der Waals surface area (Å²) in [5.41, 5.74) is -2.64. The molecule has 9 nitrogen and oxygen atoms in total. The SMILES string of the molecule is CC(=CCn1c(=O)c([N+](=O)[O-])cn(C)c1=O)C(=O)O. The van der Waals surface area contributed by atoms with E-state index in [0.717, 1.165) is 16.8 Å². The fourth-order valence-electron chi connectivity index (χ4n) is 1.31. The molecule has 1 N–H and O–H groups in total. The summed E-state index contributed by atoms with van der Waals surface area (Å²) in [5, 5.41) is 19.3. The molecule has 0 unspecified atom stereocenters. The summed E-state index contributed by atoms with van der Waals surface area (Å²) in [6.45, 7) is 0.945. The lowest BCUT2D eigenvalue weighted by Gasteiger charge is -2.04. The maximum Gasteiger partial charge on any atom is 0.350 e. The number of carbonyl (C=O) groups is 1. The molecule has 102 valence electrons. The molecule has 0 spiro atoms. The van der Waals surface area contributed by atoms with Crippen molar-refractivity contribution in [2.75, 3.05) is 0 Å². The van der Waals surface area contributed by atoms with Gasteiger partial charge >= 0.3 is 22.9 Å². The summed E-state index contributed by atoms with van der Waals surface area (Å²) in [7, 11) is 1.26. The number of nitrogens with zero attached hydrogens (tertiary/aromatic N) is 3. The Hall–Kier alpha value is -2.71. The smallest absolute Gasteiger partial charge is 0.350 e. The molecule has 1 aromatic heterocycles. The summed E-state index contributed by atoms with van der Waals surface area (Å²) in [6, 6.07) is 0. The molecule has 0 aromatic carbocycles. The van der Waals surface area contributed by atoms with Crippen LogP contribution in [0.15, 0.2) is 27.4 Å². The molecule has 19 heavy (non-hydrogen) atoms. The quantitative estimate of drug-likeness (QED) is 0.445. The van der Waals surface area contributed by atoms with Crippen LogP contribution >= 0.6 is 0 Å². The second kappa shape index (κ2) is 5.29. The van der Waals surface area contributed by atoms with Crippen molar-refractivity contribution in [3.8, 4) is 0 Å². The highest BCUT2D eigenvalue weighted by Crippen LogP contribution is 2.00. The molecule has 0 aliphatic heterocycles.